The van der Waals surface area contributed by atoms with Crippen molar-refractivity contribution in [1.29, 1.82) is 0 Å². The quantitative estimate of drug-likeness (QED) is 0.292. The van der Waals surface area contributed by atoms with Crippen LogP contribution in [0.3, 0.4) is 0 Å². The van der Waals surface area contributed by atoms with Gasteiger partial charge in [0.15, 0.2) is 0 Å². The second-order valence-electron chi connectivity index (χ2n) is 10.7. The van der Waals surface area contributed by atoms with Crippen LogP contribution in [0.2, 0.25) is 5.02 Å². The fraction of sp³-hybridized carbons (Fsp3) is 0.375. The Morgan fingerprint density at radius 2 is 1.70 bits per heavy atom. The lowest BCUT2D eigenvalue weighted by Gasteiger charge is -2.35. The van der Waals surface area contributed by atoms with Crippen LogP contribution in [0, 0.1) is 5.82 Å². The van der Waals surface area contributed by atoms with E-state index in [4.69, 9.17) is 16.3 Å². The number of hydrogen-bond donors (Lipinski definition) is 1. The van der Waals surface area contributed by atoms with Gasteiger partial charge in [0.25, 0.3) is 0 Å². The summed E-state index contributed by atoms with van der Waals surface area (Å²) >= 11 is 6.20. The Kier molecular flexibility index (Phi) is 11.0. The van der Waals surface area contributed by atoms with Crippen molar-refractivity contribution in [2.24, 2.45) is 0 Å². The number of nitrogens with zero attached hydrogens (tertiary/aromatic N) is 2. The van der Waals surface area contributed by atoms with Crippen molar-refractivity contribution in [2.75, 3.05) is 24.2 Å². The first-order chi connectivity index (χ1) is 20.6. The number of carbonyl (C=O) groups is 2. The summed E-state index contributed by atoms with van der Waals surface area (Å²) in [5.74, 6) is -1.40. The minimum atomic E-state index is -4.03. The lowest BCUT2D eigenvalue weighted by atomic mass is 9.94. The molecule has 0 aromatic heterocycles. The van der Waals surface area contributed by atoms with Gasteiger partial charge in [-0.05, 0) is 42.7 Å². The molecule has 1 aliphatic carbocycles. The molecule has 0 bridgehead atoms. The first-order valence-corrected chi connectivity index (χ1v) is 16.5. The number of benzene rings is 3. The highest BCUT2D eigenvalue weighted by Crippen LogP contribution is 2.33. The molecule has 3 aromatic rings. The number of amides is 2. The minimum Gasteiger partial charge on any atom is -0.495 e. The summed E-state index contributed by atoms with van der Waals surface area (Å²) in [5, 5.41) is 3.36. The summed E-state index contributed by atoms with van der Waals surface area (Å²) in [6.45, 7) is -0.905. The zero-order valence-electron chi connectivity index (χ0n) is 24.3. The minimum absolute atomic E-state index is 0.0341. The van der Waals surface area contributed by atoms with Gasteiger partial charge in [-0.1, -0.05) is 79.4 Å². The Morgan fingerprint density at radius 3 is 2.35 bits per heavy atom. The van der Waals surface area contributed by atoms with Crippen molar-refractivity contribution in [3.05, 3.63) is 94.8 Å². The smallest absolute Gasteiger partial charge is 0.244 e. The highest BCUT2D eigenvalue weighted by Gasteiger charge is 2.35. The molecule has 230 valence electrons. The normalized spacial score (nSPS) is 14.5. The van der Waals surface area contributed by atoms with Crippen LogP contribution in [0.25, 0.3) is 0 Å². The molecule has 4 rings (SSSR count). The lowest BCUT2D eigenvalue weighted by molar-refractivity contribution is -0.140. The average molecular weight is 630 g/mol. The predicted octanol–water partition coefficient (Wildman–Crippen LogP) is 5.34. The Morgan fingerprint density at radius 1 is 1.02 bits per heavy atom. The number of nitrogens with one attached hydrogen (secondary N) is 1. The van der Waals surface area contributed by atoms with E-state index in [1.165, 1.54) is 30.2 Å². The van der Waals surface area contributed by atoms with Gasteiger partial charge in [-0.15, -0.1) is 0 Å². The van der Waals surface area contributed by atoms with Crippen LogP contribution in [0.5, 0.6) is 5.75 Å². The molecule has 43 heavy (non-hydrogen) atoms. The summed E-state index contributed by atoms with van der Waals surface area (Å²) < 4.78 is 47.3. The summed E-state index contributed by atoms with van der Waals surface area (Å²) in [6.07, 6.45) is 5.89. The molecular formula is C32H37ClFN3O5S. The maximum Gasteiger partial charge on any atom is 0.244 e. The number of anilines is 1. The number of rotatable bonds is 12. The van der Waals surface area contributed by atoms with E-state index in [2.05, 4.69) is 5.32 Å². The summed E-state index contributed by atoms with van der Waals surface area (Å²) in [7, 11) is -2.65. The van der Waals surface area contributed by atoms with Crippen molar-refractivity contribution < 1.29 is 27.1 Å². The third kappa shape index (κ3) is 8.70. The van der Waals surface area contributed by atoms with Gasteiger partial charge in [0.1, 0.15) is 24.2 Å². The first-order valence-electron chi connectivity index (χ1n) is 14.2. The Bertz CT molecular complexity index is 1520. The highest BCUT2D eigenvalue weighted by atomic mass is 35.5. The molecule has 0 heterocycles. The number of ether oxygens (including phenoxy) is 1. The molecule has 0 radical (unpaired) electrons. The Balaban J connectivity index is 1.76. The summed E-state index contributed by atoms with van der Waals surface area (Å²) in [4.78, 5) is 29.5. The van der Waals surface area contributed by atoms with Crippen LogP contribution >= 0.6 is 11.6 Å². The van der Waals surface area contributed by atoms with Gasteiger partial charge in [0.2, 0.25) is 21.8 Å². The van der Waals surface area contributed by atoms with Crippen LogP contribution in [0.15, 0.2) is 72.8 Å². The number of halogens is 2. The topological polar surface area (TPSA) is 96.0 Å². The standard InChI is InChI=1S/C32H37ClFN3O5S/c1-42-30-18-17-25(33)20-28(30)37(43(2,40)41)22-31(38)36(21-24-13-9-10-16-27(24)34)29(19-23-11-5-3-6-12-23)32(39)35-26-14-7-4-8-15-26/h3,5-6,9-13,16-18,20,26,29H,4,7-8,14-15,19,21-22H2,1-2H3,(H,35,39). The molecule has 0 saturated heterocycles. The van der Waals surface area contributed by atoms with E-state index in [0.717, 1.165) is 48.2 Å². The van der Waals surface area contributed by atoms with E-state index in [1.54, 1.807) is 24.3 Å². The molecule has 1 aliphatic rings. The zero-order chi connectivity index (χ0) is 31.0. The Hall–Kier alpha value is -3.63. The maximum absolute atomic E-state index is 15.0. The number of methoxy groups -OCH3 is 1. The van der Waals surface area contributed by atoms with Gasteiger partial charge in [-0.2, -0.15) is 0 Å². The number of carbonyl (C=O) groups excluding carboxylic acids is 2. The molecule has 3 aromatic carbocycles. The fourth-order valence-corrected chi connectivity index (χ4v) is 6.37. The summed E-state index contributed by atoms with van der Waals surface area (Å²) in [5.41, 5.74) is 1.07. The molecule has 1 N–H and O–H groups in total. The van der Waals surface area contributed by atoms with Gasteiger partial charge in [0, 0.05) is 29.6 Å². The SMILES string of the molecule is COc1ccc(Cl)cc1N(CC(=O)N(Cc1ccccc1F)C(Cc1ccccc1)C(=O)NC1CCCCC1)S(C)(=O)=O. The first kappa shape index (κ1) is 32.3. The van der Waals surface area contributed by atoms with E-state index in [-0.39, 0.29) is 46.9 Å². The van der Waals surface area contributed by atoms with E-state index in [9.17, 15) is 22.4 Å². The zero-order valence-corrected chi connectivity index (χ0v) is 25.9. The maximum atomic E-state index is 15.0. The van der Waals surface area contributed by atoms with Crippen LogP contribution < -0.4 is 14.4 Å². The van der Waals surface area contributed by atoms with Gasteiger partial charge < -0.3 is 15.0 Å². The lowest BCUT2D eigenvalue weighted by Crippen LogP contribution is -2.55. The largest absolute Gasteiger partial charge is 0.495 e. The average Bonchev–Trinajstić information content (AvgIpc) is 2.99. The highest BCUT2D eigenvalue weighted by molar-refractivity contribution is 7.92. The van der Waals surface area contributed by atoms with Crippen LogP contribution in [0.4, 0.5) is 10.1 Å². The molecule has 1 unspecified atom stereocenters. The Labute approximate surface area is 257 Å². The van der Waals surface area contributed by atoms with E-state index in [0.29, 0.717) is 0 Å². The van der Waals surface area contributed by atoms with Crippen LogP contribution in [-0.4, -0.2) is 57.1 Å². The molecule has 11 heteroatoms. The van der Waals surface area contributed by atoms with Crippen molar-refractivity contribution >= 4 is 39.1 Å². The van der Waals surface area contributed by atoms with Gasteiger partial charge >= 0.3 is 0 Å². The molecule has 8 nitrogen and oxygen atoms in total. The summed E-state index contributed by atoms with van der Waals surface area (Å²) in [6, 6.07) is 18.6. The number of hydrogen-bond acceptors (Lipinski definition) is 5. The van der Waals surface area contributed by atoms with Gasteiger partial charge in [-0.3, -0.25) is 13.9 Å². The second-order valence-corrected chi connectivity index (χ2v) is 13.1. The molecule has 0 aliphatic heterocycles. The molecular weight excluding hydrogens is 593 g/mol. The molecule has 1 atom stereocenters. The van der Waals surface area contributed by atoms with Crippen LogP contribution in [0.1, 0.15) is 43.2 Å². The molecule has 2 amide bonds. The third-order valence-corrected chi connectivity index (χ3v) is 8.97. The third-order valence-electron chi connectivity index (χ3n) is 7.61. The van der Waals surface area contributed by atoms with E-state index < -0.39 is 34.3 Å². The van der Waals surface area contributed by atoms with Crippen LogP contribution in [-0.2, 0) is 32.6 Å². The molecule has 1 fully saturated rings. The van der Waals surface area contributed by atoms with Crippen molar-refractivity contribution in [3.63, 3.8) is 0 Å². The molecule has 1 saturated carbocycles. The van der Waals surface area contributed by atoms with Gasteiger partial charge in [-0.25, -0.2) is 12.8 Å². The predicted molar refractivity (Wildman–Crippen MR) is 166 cm³/mol. The number of sulfonamides is 1. The van der Waals surface area contributed by atoms with Gasteiger partial charge in [0.05, 0.1) is 19.1 Å². The second kappa shape index (κ2) is 14.7. The molecule has 0 spiro atoms. The van der Waals surface area contributed by atoms with Crippen molar-refractivity contribution in [2.45, 2.75) is 57.2 Å². The monoisotopic (exact) mass is 629 g/mol. The van der Waals surface area contributed by atoms with Crippen molar-refractivity contribution in [1.82, 2.24) is 10.2 Å². The van der Waals surface area contributed by atoms with E-state index >= 15 is 0 Å². The van der Waals surface area contributed by atoms with E-state index in [1.807, 2.05) is 30.3 Å². The van der Waals surface area contributed by atoms with Crippen molar-refractivity contribution in [3.8, 4) is 5.75 Å². The fourth-order valence-electron chi connectivity index (χ4n) is 5.36.